The number of nitrogens with zero attached hydrogens (tertiary/aromatic N) is 3. The molecule has 146 valence electrons. The molecule has 0 aliphatic heterocycles. The van der Waals surface area contributed by atoms with Crippen LogP contribution in [0.15, 0.2) is 67.0 Å². The lowest BCUT2D eigenvalue weighted by atomic mass is 10.1. The maximum Gasteiger partial charge on any atom is 0.309 e. The highest BCUT2D eigenvalue weighted by Crippen LogP contribution is 2.21. The van der Waals surface area contributed by atoms with Gasteiger partial charge < -0.3 is 15.0 Å². The fraction of sp³-hybridized carbons (Fsp3) is 0.136. The summed E-state index contributed by atoms with van der Waals surface area (Å²) in [6.07, 6.45) is 3.48. The zero-order valence-electron chi connectivity index (χ0n) is 15.9. The van der Waals surface area contributed by atoms with Gasteiger partial charge in [-0.15, -0.1) is 0 Å². The van der Waals surface area contributed by atoms with Crippen LogP contribution in [0.2, 0.25) is 0 Å². The number of nitrogens with one attached hydrogen (secondary N) is 1. The number of para-hydroxylation sites is 1. The van der Waals surface area contributed by atoms with Gasteiger partial charge in [-0.1, -0.05) is 30.3 Å². The molecule has 0 fully saturated rings. The monoisotopic (exact) mass is 388 g/mol. The molecule has 4 rings (SSSR count). The average Bonchev–Trinajstić information content (AvgIpc) is 3.28. The minimum atomic E-state index is -0.904. The summed E-state index contributed by atoms with van der Waals surface area (Å²) in [4.78, 5) is 23.4. The van der Waals surface area contributed by atoms with Crippen molar-refractivity contribution >= 4 is 28.5 Å². The topological polar surface area (TPSA) is 89.2 Å². The van der Waals surface area contributed by atoms with Crippen LogP contribution in [0.25, 0.3) is 10.9 Å². The summed E-state index contributed by atoms with van der Waals surface area (Å²) in [7, 11) is 1.87. The van der Waals surface area contributed by atoms with E-state index in [9.17, 15) is 9.59 Å². The molecule has 7 nitrogen and oxygen atoms in total. The molecular formula is C22H20N4O3. The number of hydrogen-bond acceptors (Lipinski definition) is 3. The third-order valence-corrected chi connectivity index (χ3v) is 4.69. The minimum Gasteiger partial charge on any atom is -0.481 e. The summed E-state index contributed by atoms with van der Waals surface area (Å²) in [5.74, 6) is -1.06. The molecule has 0 spiro atoms. The third-order valence-electron chi connectivity index (χ3n) is 4.69. The highest BCUT2D eigenvalue weighted by atomic mass is 16.4. The van der Waals surface area contributed by atoms with Crippen molar-refractivity contribution in [2.45, 2.75) is 13.0 Å². The van der Waals surface area contributed by atoms with Crippen molar-refractivity contribution in [3.05, 3.63) is 83.8 Å². The highest BCUT2D eigenvalue weighted by molar-refractivity contribution is 6.04. The van der Waals surface area contributed by atoms with Gasteiger partial charge in [-0.2, -0.15) is 5.10 Å². The lowest BCUT2D eigenvalue weighted by Crippen LogP contribution is -2.11. The number of aromatic nitrogens is 3. The Morgan fingerprint density at radius 3 is 2.52 bits per heavy atom. The molecule has 0 saturated heterocycles. The fourth-order valence-electron chi connectivity index (χ4n) is 3.30. The van der Waals surface area contributed by atoms with Gasteiger partial charge in [0.2, 0.25) is 0 Å². The molecule has 0 aliphatic carbocycles. The Kier molecular flexibility index (Phi) is 4.87. The van der Waals surface area contributed by atoms with Crippen LogP contribution in [0.4, 0.5) is 5.69 Å². The number of anilines is 1. The maximum atomic E-state index is 12.3. The molecule has 0 atom stereocenters. The largest absolute Gasteiger partial charge is 0.481 e. The van der Waals surface area contributed by atoms with E-state index in [1.807, 2.05) is 71.0 Å². The number of aryl methyl sites for hydroxylation is 1. The first-order valence-electron chi connectivity index (χ1n) is 9.18. The Hall–Kier alpha value is -3.87. The smallest absolute Gasteiger partial charge is 0.309 e. The predicted molar refractivity (Wildman–Crippen MR) is 110 cm³/mol. The third kappa shape index (κ3) is 4.03. The first kappa shape index (κ1) is 18.5. The molecule has 1 amide bonds. The minimum absolute atomic E-state index is 0.113. The van der Waals surface area contributed by atoms with Crippen LogP contribution in [-0.2, 0) is 24.8 Å². The lowest BCUT2D eigenvalue weighted by Gasteiger charge is -2.07. The van der Waals surface area contributed by atoms with Crippen LogP contribution < -0.4 is 5.32 Å². The molecule has 0 bridgehead atoms. The summed E-state index contributed by atoms with van der Waals surface area (Å²) < 4.78 is 3.64. The van der Waals surface area contributed by atoms with Gasteiger partial charge in [0, 0.05) is 30.5 Å². The van der Waals surface area contributed by atoms with Crippen LogP contribution in [0.1, 0.15) is 21.6 Å². The summed E-state index contributed by atoms with van der Waals surface area (Å²) in [5.41, 5.74) is 3.76. The number of carboxylic acid groups (broad SMARTS) is 1. The number of fused-ring (bicyclic) bond motifs is 1. The highest BCUT2D eigenvalue weighted by Gasteiger charge is 2.13. The van der Waals surface area contributed by atoms with Crippen molar-refractivity contribution in [2.24, 2.45) is 7.05 Å². The van der Waals surface area contributed by atoms with Gasteiger partial charge in [-0.3, -0.25) is 14.3 Å². The second-order valence-electron chi connectivity index (χ2n) is 6.91. The number of carbonyl (C=O) groups is 2. The van der Waals surface area contributed by atoms with Gasteiger partial charge in [-0.05, 0) is 29.8 Å². The molecular weight excluding hydrogens is 368 g/mol. The van der Waals surface area contributed by atoms with E-state index in [1.165, 1.54) is 0 Å². The molecule has 29 heavy (non-hydrogen) atoms. The van der Waals surface area contributed by atoms with E-state index in [2.05, 4.69) is 10.4 Å². The quantitative estimate of drug-likeness (QED) is 0.530. The molecule has 7 heteroatoms. The number of rotatable bonds is 6. The van der Waals surface area contributed by atoms with Gasteiger partial charge in [0.05, 0.1) is 29.7 Å². The molecule has 0 radical (unpaired) electrons. The van der Waals surface area contributed by atoms with Crippen molar-refractivity contribution in [3.8, 4) is 0 Å². The van der Waals surface area contributed by atoms with Crippen molar-refractivity contribution in [1.29, 1.82) is 0 Å². The Balaban J connectivity index is 1.52. The Morgan fingerprint density at radius 2 is 1.83 bits per heavy atom. The first-order chi connectivity index (χ1) is 14.0. The number of aliphatic carboxylic acids is 1. The number of benzene rings is 2. The summed E-state index contributed by atoms with van der Waals surface area (Å²) in [6.45, 7) is 0.507. The van der Waals surface area contributed by atoms with E-state index >= 15 is 0 Å². The molecule has 0 unspecified atom stereocenters. The fourth-order valence-corrected chi connectivity index (χ4v) is 3.30. The predicted octanol–water partition coefficient (Wildman–Crippen LogP) is 3.30. The zero-order chi connectivity index (χ0) is 20.4. The molecule has 2 heterocycles. The first-order valence-corrected chi connectivity index (χ1v) is 9.18. The number of carboxylic acids is 1. The van der Waals surface area contributed by atoms with Crippen LogP contribution >= 0.6 is 0 Å². The van der Waals surface area contributed by atoms with Crippen molar-refractivity contribution < 1.29 is 14.7 Å². The van der Waals surface area contributed by atoms with E-state index in [1.54, 1.807) is 12.3 Å². The zero-order valence-corrected chi connectivity index (χ0v) is 15.9. The number of carbonyl (C=O) groups excluding carboxylic acids is 1. The molecule has 2 aromatic heterocycles. The van der Waals surface area contributed by atoms with Gasteiger partial charge in [-0.25, -0.2) is 0 Å². The van der Waals surface area contributed by atoms with Crippen molar-refractivity contribution in [3.63, 3.8) is 0 Å². The summed E-state index contributed by atoms with van der Waals surface area (Å²) >= 11 is 0. The van der Waals surface area contributed by atoms with Crippen LogP contribution in [0.3, 0.4) is 0 Å². The second kappa shape index (κ2) is 7.63. The standard InChI is InChI=1S/C22H20N4O3/c1-25-11-10-16(14-25)22(29)23-17-8-6-15(7-9-17)13-26-20-5-3-2-4-18(20)19(24-26)12-21(27)28/h2-11,14H,12-13H2,1H3,(H,23,29)(H,27,28). The van der Waals surface area contributed by atoms with E-state index in [4.69, 9.17) is 5.11 Å². The SMILES string of the molecule is Cn1ccc(C(=O)Nc2ccc(Cn3nc(CC(=O)O)c4ccccc43)cc2)c1. The van der Waals surface area contributed by atoms with E-state index < -0.39 is 5.97 Å². The maximum absolute atomic E-state index is 12.3. The Labute approximate surface area is 167 Å². The lowest BCUT2D eigenvalue weighted by molar-refractivity contribution is -0.136. The van der Waals surface area contributed by atoms with Crippen molar-refractivity contribution in [2.75, 3.05) is 5.32 Å². The van der Waals surface area contributed by atoms with Gasteiger partial charge >= 0.3 is 5.97 Å². The molecule has 2 N–H and O–H groups in total. The second-order valence-corrected chi connectivity index (χ2v) is 6.91. The Bertz CT molecular complexity index is 1190. The van der Waals surface area contributed by atoms with Crippen molar-refractivity contribution in [1.82, 2.24) is 14.3 Å². The summed E-state index contributed by atoms with van der Waals surface area (Å²) in [5, 5.41) is 17.4. The van der Waals surface area contributed by atoms with Crippen LogP contribution in [-0.4, -0.2) is 31.3 Å². The van der Waals surface area contributed by atoms with Gasteiger partial charge in [0.25, 0.3) is 5.91 Å². The summed E-state index contributed by atoms with van der Waals surface area (Å²) in [6, 6.07) is 16.9. The molecule has 2 aromatic carbocycles. The van der Waals surface area contributed by atoms with Crippen LogP contribution in [0, 0.1) is 0 Å². The van der Waals surface area contributed by atoms with E-state index in [0.29, 0.717) is 23.5 Å². The number of hydrogen-bond donors (Lipinski definition) is 2. The Morgan fingerprint density at radius 1 is 1.07 bits per heavy atom. The number of amides is 1. The van der Waals surface area contributed by atoms with Crippen LogP contribution in [0.5, 0.6) is 0 Å². The molecule has 0 saturated carbocycles. The van der Waals surface area contributed by atoms with E-state index in [0.717, 1.165) is 16.5 Å². The van der Waals surface area contributed by atoms with Gasteiger partial charge in [0.15, 0.2) is 0 Å². The average molecular weight is 388 g/mol. The van der Waals surface area contributed by atoms with E-state index in [-0.39, 0.29) is 12.3 Å². The molecule has 0 aliphatic rings. The van der Waals surface area contributed by atoms with Gasteiger partial charge in [0.1, 0.15) is 0 Å². The normalized spacial score (nSPS) is 10.9. The molecule has 4 aromatic rings.